The van der Waals surface area contributed by atoms with E-state index in [1.807, 2.05) is 18.0 Å². The highest BCUT2D eigenvalue weighted by atomic mass is 32.2. The molecule has 0 spiro atoms. The van der Waals surface area contributed by atoms with Crippen LogP contribution in [-0.4, -0.2) is 27.1 Å². The van der Waals surface area contributed by atoms with E-state index in [-0.39, 0.29) is 5.60 Å². The molecule has 1 aliphatic heterocycles. The first-order chi connectivity index (χ1) is 10.5. The second kappa shape index (κ2) is 6.30. The Morgan fingerprint density at radius 2 is 2.14 bits per heavy atom. The van der Waals surface area contributed by atoms with Gasteiger partial charge in [0.1, 0.15) is 9.86 Å². The molecule has 1 atom stereocenters. The average Bonchev–Trinajstić information content (AvgIpc) is 2.84. The third kappa shape index (κ3) is 3.03. The minimum absolute atomic E-state index is 0.0566. The standard InChI is InChI=1S/C16H22N2OS3/c1-6-16(4)7-10-11(8-19-16)22-14-12(10)13(21-9(2)3)17-15(18-14)20-5/h9H,6-8H2,1-5H3/t16-/m1/s1. The van der Waals surface area contributed by atoms with Crippen molar-refractivity contribution >= 4 is 45.1 Å². The summed E-state index contributed by atoms with van der Waals surface area (Å²) in [5, 5.41) is 3.80. The molecule has 0 amide bonds. The van der Waals surface area contributed by atoms with Crippen LogP contribution in [0.1, 0.15) is 44.6 Å². The first kappa shape index (κ1) is 16.6. The van der Waals surface area contributed by atoms with Crippen LogP contribution in [0.2, 0.25) is 0 Å². The van der Waals surface area contributed by atoms with Crippen LogP contribution in [0.3, 0.4) is 0 Å². The summed E-state index contributed by atoms with van der Waals surface area (Å²) >= 11 is 5.24. The van der Waals surface area contributed by atoms with Crippen LogP contribution >= 0.6 is 34.9 Å². The number of ether oxygens (including phenoxy) is 1. The third-order valence-electron chi connectivity index (χ3n) is 4.06. The maximum absolute atomic E-state index is 6.10. The van der Waals surface area contributed by atoms with Crippen LogP contribution in [0.25, 0.3) is 10.2 Å². The molecule has 0 fully saturated rings. The van der Waals surface area contributed by atoms with Crippen LogP contribution in [0, 0.1) is 0 Å². The van der Waals surface area contributed by atoms with Gasteiger partial charge in [0.2, 0.25) is 0 Å². The van der Waals surface area contributed by atoms with Gasteiger partial charge in [0, 0.05) is 21.9 Å². The van der Waals surface area contributed by atoms with Gasteiger partial charge in [-0.05, 0) is 25.2 Å². The summed E-state index contributed by atoms with van der Waals surface area (Å²) in [6, 6.07) is 0. The van der Waals surface area contributed by atoms with Gasteiger partial charge in [0.25, 0.3) is 0 Å². The minimum Gasteiger partial charge on any atom is -0.369 e. The van der Waals surface area contributed by atoms with Gasteiger partial charge in [0.05, 0.1) is 12.2 Å². The van der Waals surface area contributed by atoms with E-state index in [1.54, 1.807) is 23.1 Å². The molecule has 0 saturated heterocycles. The van der Waals surface area contributed by atoms with Crippen molar-refractivity contribution in [3.05, 3.63) is 10.4 Å². The number of aromatic nitrogens is 2. The second-order valence-electron chi connectivity index (χ2n) is 6.13. The van der Waals surface area contributed by atoms with Crippen molar-refractivity contribution in [2.45, 2.75) is 68.2 Å². The molecule has 0 saturated carbocycles. The lowest BCUT2D eigenvalue weighted by Gasteiger charge is -2.33. The summed E-state index contributed by atoms with van der Waals surface area (Å²) in [7, 11) is 0. The quantitative estimate of drug-likeness (QED) is 0.431. The zero-order chi connectivity index (χ0) is 15.9. The Hall–Kier alpha value is -0.300. The molecular formula is C16H22N2OS3. The summed E-state index contributed by atoms with van der Waals surface area (Å²) in [5.74, 6) is 0. The van der Waals surface area contributed by atoms with E-state index in [4.69, 9.17) is 14.7 Å². The first-order valence-electron chi connectivity index (χ1n) is 7.62. The maximum Gasteiger partial charge on any atom is 0.189 e. The van der Waals surface area contributed by atoms with Crippen molar-refractivity contribution in [3.63, 3.8) is 0 Å². The van der Waals surface area contributed by atoms with Crippen molar-refractivity contribution in [1.82, 2.24) is 9.97 Å². The summed E-state index contributed by atoms with van der Waals surface area (Å²) in [5.41, 5.74) is 1.37. The predicted molar refractivity (Wildman–Crippen MR) is 97.4 cm³/mol. The highest BCUT2D eigenvalue weighted by Crippen LogP contribution is 2.43. The van der Waals surface area contributed by atoms with E-state index in [9.17, 15) is 0 Å². The molecule has 0 bridgehead atoms. The molecule has 22 heavy (non-hydrogen) atoms. The normalized spacial score (nSPS) is 21.5. The van der Waals surface area contributed by atoms with Crippen molar-refractivity contribution in [2.75, 3.05) is 6.26 Å². The van der Waals surface area contributed by atoms with Crippen LogP contribution in [-0.2, 0) is 17.8 Å². The SMILES string of the molecule is CC[C@]1(C)Cc2c(sc3nc(SC)nc(SC(C)C)c23)CO1. The number of hydrogen-bond acceptors (Lipinski definition) is 6. The monoisotopic (exact) mass is 354 g/mol. The number of hydrogen-bond donors (Lipinski definition) is 0. The van der Waals surface area contributed by atoms with Gasteiger partial charge < -0.3 is 4.74 Å². The summed E-state index contributed by atoms with van der Waals surface area (Å²) in [6.45, 7) is 9.56. The number of rotatable bonds is 4. The van der Waals surface area contributed by atoms with Crippen LogP contribution in [0.4, 0.5) is 0 Å². The molecule has 0 radical (unpaired) electrons. The third-order valence-corrected chi connectivity index (χ3v) is 6.70. The summed E-state index contributed by atoms with van der Waals surface area (Å²) in [4.78, 5) is 12.0. The Bertz CT molecular complexity index is 698. The highest BCUT2D eigenvalue weighted by Gasteiger charge is 2.33. The fraction of sp³-hybridized carbons (Fsp3) is 0.625. The molecule has 2 aromatic heterocycles. The van der Waals surface area contributed by atoms with Crippen molar-refractivity contribution < 1.29 is 4.74 Å². The topological polar surface area (TPSA) is 35.0 Å². The molecule has 3 rings (SSSR count). The zero-order valence-electron chi connectivity index (χ0n) is 13.7. The highest BCUT2D eigenvalue weighted by molar-refractivity contribution is 8.00. The number of thiophene rings is 1. The van der Waals surface area contributed by atoms with E-state index in [1.165, 1.54) is 15.8 Å². The molecule has 0 unspecified atom stereocenters. The van der Waals surface area contributed by atoms with Gasteiger partial charge in [-0.3, -0.25) is 0 Å². The summed E-state index contributed by atoms with van der Waals surface area (Å²) < 4.78 is 6.10. The molecule has 6 heteroatoms. The van der Waals surface area contributed by atoms with E-state index in [0.29, 0.717) is 11.9 Å². The van der Waals surface area contributed by atoms with E-state index in [2.05, 4.69) is 27.7 Å². The van der Waals surface area contributed by atoms with Gasteiger partial charge >= 0.3 is 0 Å². The van der Waals surface area contributed by atoms with Crippen LogP contribution < -0.4 is 0 Å². The van der Waals surface area contributed by atoms with E-state index in [0.717, 1.165) is 27.9 Å². The summed E-state index contributed by atoms with van der Waals surface area (Å²) in [6.07, 6.45) is 4.03. The van der Waals surface area contributed by atoms with Gasteiger partial charge in [-0.25, -0.2) is 9.97 Å². The molecular weight excluding hydrogens is 332 g/mol. The predicted octanol–water partition coefficient (Wildman–Crippen LogP) is 5.16. The van der Waals surface area contributed by atoms with Crippen LogP contribution in [0.15, 0.2) is 10.2 Å². The zero-order valence-corrected chi connectivity index (χ0v) is 16.2. The molecule has 2 aromatic rings. The molecule has 120 valence electrons. The fourth-order valence-corrected chi connectivity index (χ4v) is 5.22. The van der Waals surface area contributed by atoms with E-state index < -0.39 is 0 Å². The maximum atomic E-state index is 6.10. The molecule has 1 aliphatic rings. The molecule has 0 aromatic carbocycles. The first-order valence-corrected chi connectivity index (χ1v) is 10.5. The fourth-order valence-electron chi connectivity index (χ4n) is 2.65. The smallest absolute Gasteiger partial charge is 0.189 e. The number of fused-ring (bicyclic) bond motifs is 3. The largest absolute Gasteiger partial charge is 0.369 e. The Labute approximate surface area is 144 Å². The Morgan fingerprint density at radius 3 is 2.77 bits per heavy atom. The lowest BCUT2D eigenvalue weighted by atomic mass is 9.90. The second-order valence-corrected chi connectivity index (χ2v) is 9.56. The van der Waals surface area contributed by atoms with Crippen molar-refractivity contribution in [3.8, 4) is 0 Å². The van der Waals surface area contributed by atoms with E-state index >= 15 is 0 Å². The van der Waals surface area contributed by atoms with Crippen molar-refractivity contribution in [1.29, 1.82) is 0 Å². The lowest BCUT2D eigenvalue weighted by molar-refractivity contribution is -0.0543. The average molecular weight is 355 g/mol. The van der Waals surface area contributed by atoms with Crippen molar-refractivity contribution in [2.24, 2.45) is 0 Å². The lowest BCUT2D eigenvalue weighted by Crippen LogP contribution is -2.33. The number of nitrogens with zero attached hydrogens (tertiary/aromatic N) is 2. The molecule has 0 aliphatic carbocycles. The Balaban J connectivity index is 2.18. The van der Waals surface area contributed by atoms with Gasteiger partial charge in [-0.2, -0.15) is 0 Å². The Morgan fingerprint density at radius 1 is 1.36 bits per heavy atom. The Kier molecular flexibility index (Phi) is 4.74. The van der Waals surface area contributed by atoms with Gasteiger partial charge in [-0.1, -0.05) is 32.5 Å². The molecule has 3 heterocycles. The number of thioether (sulfide) groups is 2. The van der Waals surface area contributed by atoms with Gasteiger partial charge in [-0.15, -0.1) is 23.1 Å². The molecule has 0 N–H and O–H groups in total. The van der Waals surface area contributed by atoms with Gasteiger partial charge in [0.15, 0.2) is 5.16 Å². The van der Waals surface area contributed by atoms with Crippen LogP contribution in [0.5, 0.6) is 0 Å². The molecule has 3 nitrogen and oxygen atoms in total. The minimum atomic E-state index is -0.0566.